The van der Waals surface area contributed by atoms with Crippen molar-refractivity contribution in [2.45, 2.75) is 20.4 Å². The Kier molecular flexibility index (Phi) is 4.18. The summed E-state index contributed by atoms with van der Waals surface area (Å²) in [5.41, 5.74) is 2.70. The zero-order valence-electron chi connectivity index (χ0n) is 17.3. The summed E-state index contributed by atoms with van der Waals surface area (Å²) >= 11 is 0. The molecule has 0 aliphatic heterocycles. The standard InChI is InChI=1S/C23H20FN5O2/c1-14-8-4-7-11-18(14)29-15(2)12-27-19-20(25-22(27)29)26(3)23(31)28(21(19)30)13-16-9-5-6-10-17(16)24/h4-12H,13H2,1-3H3. The topological polar surface area (TPSA) is 66.2 Å². The molecule has 0 unspecified atom stereocenters. The molecule has 0 aliphatic rings. The van der Waals surface area contributed by atoms with Gasteiger partial charge >= 0.3 is 5.69 Å². The maximum atomic E-state index is 14.2. The zero-order chi connectivity index (χ0) is 21.9. The van der Waals surface area contributed by atoms with E-state index in [1.54, 1.807) is 29.6 Å². The molecule has 0 saturated carbocycles. The van der Waals surface area contributed by atoms with Crippen molar-refractivity contribution < 1.29 is 4.39 Å². The highest BCUT2D eigenvalue weighted by Crippen LogP contribution is 2.23. The molecule has 0 spiro atoms. The summed E-state index contributed by atoms with van der Waals surface area (Å²) in [5, 5.41) is 0. The number of nitrogens with zero attached hydrogens (tertiary/aromatic N) is 5. The van der Waals surface area contributed by atoms with Crippen molar-refractivity contribution in [3.8, 4) is 5.69 Å². The van der Waals surface area contributed by atoms with Crippen LogP contribution in [0.4, 0.5) is 4.39 Å². The predicted octanol–water partition coefficient (Wildman–Crippen LogP) is 2.94. The van der Waals surface area contributed by atoms with Gasteiger partial charge in [0, 0.05) is 24.5 Å². The number of para-hydroxylation sites is 1. The van der Waals surface area contributed by atoms with Crippen molar-refractivity contribution >= 4 is 16.9 Å². The van der Waals surface area contributed by atoms with E-state index in [0.717, 1.165) is 21.5 Å². The first-order valence-corrected chi connectivity index (χ1v) is 9.88. The van der Waals surface area contributed by atoms with Crippen LogP contribution in [0.3, 0.4) is 0 Å². The Labute approximate surface area is 176 Å². The third kappa shape index (κ3) is 2.75. The average molecular weight is 417 g/mol. The molecule has 2 aromatic carbocycles. The minimum absolute atomic E-state index is 0.154. The van der Waals surface area contributed by atoms with Gasteiger partial charge in [0.05, 0.1) is 12.2 Å². The lowest BCUT2D eigenvalue weighted by atomic mass is 10.2. The molecule has 0 N–H and O–H groups in total. The summed E-state index contributed by atoms with van der Waals surface area (Å²) in [6, 6.07) is 14.0. The normalized spacial score (nSPS) is 11.6. The summed E-state index contributed by atoms with van der Waals surface area (Å²) < 4.78 is 20.2. The molecule has 7 nitrogen and oxygen atoms in total. The predicted molar refractivity (Wildman–Crippen MR) is 117 cm³/mol. The van der Waals surface area contributed by atoms with Gasteiger partial charge in [-0.1, -0.05) is 36.4 Å². The Morgan fingerprint density at radius 1 is 1.00 bits per heavy atom. The maximum Gasteiger partial charge on any atom is 0.332 e. The molecule has 0 saturated heterocycles. The van der Waals surface area contributed by atoms with E-state index in [1.165, 1.54) is 10.6 Å². The van der Waals surface area contributed by atoms with Gasteiger partial charge in [0.15, 0.2) is 11.2 Å². The van der Waals surface area contributed by atoms with Crippen LogP contribution in [0.1, 0.15) is 16.8 Å². The number of aryl methyl sites for hydroxylation is 3. The second-order valence-electron chi connectivity index (χ2n) is 7.67. The SMILES string of the molecule is Cc1ccccc1-n1c(C)cn2c3c(=O)n(Cc4ccccc4F)c(=O)n(C)c3nc12. The highest BCUT2D eigenvalue weighted by Gasteiger charge is 2.21. The van der Waals surface area contributed by atoms with Crippen LogP contribution < -0.4 is 11.2 Å². The molecule has 0 atom stereocenters. The van der Waals surface area contributed by atoms with E-state index >= 15 is 0 Å². The summed E-state index contributed by atoms with van der Waals surface area (Å²) in [4.78, 5) is 31.0. The molecule has 3 aromatic heterocycles. The Morgan fingerprint density at radius 3 is 2.45 bits per heavy atom. The molecule has 0 radical (unpaired) electrons. The molecular formula is C23H20FN5O2. The van der Waals surface area contributed by atoms with Gasteiger partial charge in [-0.05, 0) is 31.5 Å². The van der Waals surface area contributed by atoms with Crippen molar-refractivity contribution in [3.05, 3.63) is 98.2 Å². The molecule has 8 heteroatoms. The molecule has 0 fully saturated rings. The number of aromatic nitrogens is 5. The maximum absolute atomic E-state index is 14.2. The van der Waals surface area contributed by atoms with Gasteiger partial charge in [-0.15, -0.1) is 0 Å². The molecule has 0 aliphatic carbocycles. The number of benzene rings is 2. The molecule has 5 aromatic rings. The fraction of sp³-hybridized carbons (Fsp3) is 0.174. The number of halogens is 1. The quantitative estimate of drug-likeness (QED) is 0.453. The van der Waals surface area contributed by atoms with Gasteiger partial charge in [0.25, 0.3) is 5.56 Å². The number of fused-ring (bicyclic) bond motifs is 3. The van der Waals surface area contributed by atoms with Crippen LogP contribution in [-0.4, -0.2) is 23.1 Å². The van der Waals surface area contributed by atoms with Crippen molar-refractivity contribution in [1.29, 1.82) is 0 Å². The molecule has 0 bridgehead atoms. The molecule has 5 rings (SSSR count). The molecule has 31 heavy (non-hydrogen) atoms. The van der Waals surface area contributed by atoms with E-state index in [0.29, 0.717) is 5.78 Å². The summed E-state index contributed by atoms with van der Waals surface area (Å²) in [7, 11) is 1.57. The van der Waals surface area contributed by atoms with Crippen molar-refractivity contribution in [3.63, 3.8) is 0 Å². The second-order valence-corrected chi connectivity index (χ2v) is 7.67. The second kappa shape index (κ2) is 6.80. The lowest BCUT2D eigenvalue weighted by Gasteiger charge is -2.09. The largest absolute Gasteiger partial charge is 0.332 e. The van der Waals surface area contributed by atoms with E-state index in [4.69, 9.17) is 0 Å². The van der Waals surface area contributed by atoms with Crippen LogP contribution in [0, 0.1) is 19.7 Å². The van der Waals surface area contributed by atoms with Crippen LogP contribution in [0.15, 0.2) is 64.3 Å². The van der Waals surface area contributed by atoms with Crippen molar-refractivity contribution in [1.82, 2.24) is 23.1 Å². The van der Waals surface area contributed by atoms with E-state index in [2.05, 4.69) is 4.98 Å². The van der Waals surface area contributed by atoms with Crippen LogP contribution >= 0.6 is 0 Å². The number of hydrogen-bond acceptors (Lipinski definition) is 3. The van der Waals surface area contributed by atoms with Crippen LogP contribution in [0.2, 0.25) is 0 Å². The Morgan fingerprint density at radius 2 is 1.71 bits per heavy atom. The lowest BCUT2D eigenvalue weighted by molar-refractivity contribution is 0.582. The van der Waals surface area contributed by atoms with Gasteiger partial charge in [-0.25, -0.2) is 9.18 Å². The minimum atomic E-state index is -0.541. The van der Waals surface area contributed by atoms with Gasteiger partial charge in [-0.3, -0.25) is 22.9 Å². The molecule has 3 heterocycles. The third-order valence-electron chi connectivity index (χ3n) is 5.67. The first-order chi connectivity index (χ1) is 14.9. The fourth-order valence-electron chi connectivity index (χ4n) is 4.06. The van der Waals surface area contributed by atoms with Crippen LogP contribution in [0.25, 0.3) is 22.6 Å². The Hall–Kier alpha value is -3.94. The van der Waals surface area contributed by atoms with Crippen molar-refractivity contribution in [2.75, 3.05) is 0 Å². The van der Waals surface area contributed by atoms with Gasteiger partial charge in [-0.2, -0.15) is 4.98 Å². The number of hydrogen-bond donors (Lipinski definition) is 0. The summed E-state index contributed by atoms with van der Waals surface area (Å²) in [5.74, 6) is 0.0778. The Bertz CT molecular complexity index is 1600. The third-order valence-corrected chi connectivity index (χ3v) is 5.67. The van der Waals surface area contributed by atoms with E-state index < -0.39 is 17.1 Å². The number of imidazole rings is 2. The first-order valence-electron chi connectivity index (χ1n) is 9.88. The summed E-state index contributed by atoms with van der Waals surface area (Å²) in [6.07, 6.45) is 1.83. The van der Waals surface area contributed by atoms with E-state index in [-0.39, 0.29) is 23.3 Å². The van der Waals surface area contributed by atoms with Crippen molar-refractivity contribution in [2.24, 2.45) is 7.05 Å². The highest BCUT2D eigenvalue weighted by molar-refractivity contribution is 5.76. The molecular weight excluding hydrogens is 397 g/mol. The monoisotopic (exact) mass is 417 g/mol. The molecule has 0 amide bonds. The van der Waals surface area contributed by atoms with Crippen LogP contribution in [0.5, 0.6) is 0 Å². The van der Waals surface area contributed by atoms with Gasteiger partial charge in [0.2, 0.25) is 5.78 Å². The summed E-state index contributed by atoms with van der Waals surface area (Å²) in [6.45, 7) is 3.79. The lowest BCUT2D eigenvalue weighted by Crippen LogP contribution is -2.39. The van der Waals surface area contributed by atoms with Crippen LogP contribution in [-0.2, 0) is 13.6 Å². The van der Waals surface area contributed by atoms with Gasteiger partial charge in [0.1, 0.15) is 5.82 Å². The minimum Gasteiger partial charge on any atom is -0.283 e. The Balaban J connectivity index is 1.83. The average Bonchev–Trinajstić information content (AvgIpc) is 3.26. The smallest absolute Gasteiger partial charge is 0.283 e. The fourth-order valence-corrected chi connectivity index (χ4v) is 4.06. The first kappa shape index (κ1) is 19.0. The zero-order valence-corrected chi connectivity index (χ0v) is 17.3. The molecule has 156 valence electrons. The number of rotatable bonds is 3. The van der Waals surface area contributed by atoms with E-state index in [1.807, 2.05) is 48.9 Å². The van der Waals surface area contributed by atoms with E-state index in [9.17, 15) is 14.0 Å². The highest BCUT2D eigenvalue weighted by atomic mass is 19.1. The van der Waals surface area contributed by atoms with Gasteiger partial charge < -0.3 is 0 Å².